The van der Waals surface area contributed by atoms with Gasteiger partial charge in [0.2, 0.25) is 0 Å². The molecule has 1 aliphatic heterocycles. The van der Waals surface area contributed by atoms with Gasteiger partial charge in [0.15, 0.2) is 0 Å². The van der Waals surface area contributed by atoms with Crippen molar-refractivity contribution in [2.45, 2.75) is 59.0 Å². The Morgan fingerprint density at radius 1 is 1.27 bits per heavy atom. The van der Waals surface area contributed by atoms with Crippen LogP contribution in [0.4, 0.5) is 0 Å². The van der Waals surface area contributed by atoms with E-state index in [1.165, 1.54) is 25.8 Å². The zero-order valence-corrected chi connectivity index (χ0v) is 10.9. The summed E-state index contributed by atoms with van der Waals surface area (Å²) in [4.78, 5) is 2.67. The molecule has 2 N–H and O–H groups in total. The molecule has 15 heavy (non-hydrogen) atoms. The molecule has 2 nitrogen and oxygen atoms in total. The molecule has 90 valence electrons. The van der Waals surface area contributed by atoms with Crippen LogP contribution in [0.2, 0.25) is 0 Å². The molecule has 1 heterocycles. The number of rotatable bonds is 4. The van der Waals surface area contributed by atoms with E-state index in [1.807, 2.05) is 0 Å². The lowest BCUT2D eigenvalue weighted by Crippen LogP contribution is -2.51. The molecular weight excluding hydrogens is 184 g/mol. The molecular formula is C13H28N2. The molecule has 0 amide bonds. The minimum atomic E-state index is 0.670. The number of nitrogens with zero attached hydrogens (tertiary/aromatic N) is 1. The van der Waals surface area contributed by atoms with Gasteiger partial charge in [-0.3, -0.25) is 4.90 Å². The fourth-order valence-electron chi connectivity index (χ4n) is 2.89. The van der Waals surface area contributed by atoms with Crippen molar-refractivity contribution in [3.63, 3.8) is 0 Å². The molecule has 2 atom stereocenters. The quantitative estimate of drug-likeness (QED) is 0.776. The molecule has 0 aliphatic carbocycles. The standard InChI is InChI=1S/C13H28N2/c1-10(2)8-13-12(9-14)6-5-7-15(13)11(3)4/h10-13H,5-9,14H2,1-4H3/t12-,13-/m1/s1. The Morgan fingerprint density at radius 2 is 1.93 bits per heavy atom. The maximum atomic E-state index is 5.91. The molecule has 0 saturated carbocycles. The molecule has 0 aromatic heterocycles. The normalized spacial score (nSPS) is 29.0. The van der Waals surface area contributed by atoms with Crippen molar-refractivity contribution < 1.29 is 0 Å². The molecule has 0 bridgehead atoms. The van der Waals surface area contributed by atoms with Crippen LogP contribution in [-0.2, 0) is 0 Å². The largest absolute Gasteiger partial charge is 0.330 e. The Balaban J connectivity index is 2.67. The van der Waals surface area contributed by atoms with Crippen LogP contribution in [0.15, 0.2) is 0 Å². The van der Waals surface area contributed by atoms with E-state index in [9.17, 15) is 0 Å². The molecule has 2 heteroatoms. The number of likely N-dealkylation sites (tertiary alicyclic amines) is 1. The lowest BCUT2D eigenvalue weighted by molar-refractivity contribution is 0.0535. The highest BCUT2D eigenvalue weighted by atomic mass is 15.2. The van der Waals surface area contributed by atoms with Gasteiger partial charge in [0.1, 0.15) is 0 Å². The topological polar surface area (TPSA) is 29.3 Å². The molecule has 0 aromatic carbocycles. The fraction of sp³-hybridized carbons (Fsp3) is 1.00. The zero-order valence-electron chi connectivity index (χ0n) is 10.9. The van der Waals surface area contributed by atoms with Crippen LogP contribution in [0.1, 0.15) is 47.0 Å². The molecule has 0 spiro atoms. The van der Waals surface area contributed by atoms with E-state index in [1.54, 1.807) is 0 Å². The zero-order chi connectivity index (χ0) is 11.4. The van der Waals surface area contributed by atoms with E-state index < -0.39 is 0 Å². The first-order valence-corrected chi connectivity index (χ1v) is 6.52. The number of hydrogen-bond donors (Lipinski definition) is 1. The molecule has 0 aromatic rings. The van der Waals surface area contributed by atoms with Gasteiger partial charge in [-0.05, 0) is 58.0 Å². The SMILES string of the molecule is CC(C)C[C@@H]1[C@@H](CN)CCCN1C(C)C. The van der Waals surface area contributed by atoms with Crippen LogP contribution < -0.4 is 5.73 Å². The van der Waals surface area contributed by atoms with E-state index in [-0.39, 0.29) is 0 Å². The fourth-order valence-corrected chi connectivity index (χ4v) is 2.89. The molecule has 0 radical (unpaired) electrons. The third-order valence-corrected chi connectivity index (χ3v) is 3.64. The van der Waals surface area contributed by atoms with Crippen LogP contribution in [0.5, 0.6) is 0 Å². The van der Waals surface area contributed by atoms with Crippen LogP contribution >= 0.6 is 0 Å². The summed E-state index contributed by atoms with van der Waals surface area (Å²) in [6.45, 7) is 11.4. The van der Waals surface area contributed by atoms with Crippen molar-refractivity contribution in [3.05, 3.63) is 0 Å². The van der Waals surface area contributed by atoms with Crippen molar-refractivity contribution in [3.8, 4) is 0 Å². The van der Waals surface area contributed by atoms with Crippen molar-refractivity contribution in [1.29, 1.82) is 0 Å². The van der Waals surface area contributed by atoms with Gasteiger partial charge in [0.25, 0.3) is 0 Å². The second-order valence-electron chi connectivity index (χ2n) is 5.67. The van der Waals surface area contributed by atoms with E-state index >= 15 is 0 Å². The van der Waals surface area contributed by atoms with Gasteiger partial charge in [-0.15, -0.1) is 0 Å². The monoisotopic (exact) mass is 212 g/mol. The van der Waals surface area contributed by atoms with Gasteiger partial charge in [0, 0.05) is 12.1 Å². The number of nitrogens with two attached hydrogens (primary N) is 1. The van der Waals surface area contributed by atoms with Gasteiger partial charge in [-0.1, -0.05) is 13.8 Å². The van der Waals surface area contributed by atoms with Crippen LogP contribution in [0.25, 0.3) is 0 Å². The Kier molecular flexibility index (Phi) is 5.07. The summed E-state index contributed by atoms with van der Waals surface area (Å²) in [5, 5.41) is 0. The molecule has 1 fully saturated rings. The average molecular weight is 212 g/mol. The first-order valence-electron chi connectivity index (χ1n) is 6.52. The Morgan fingerprint density at radius 3 is 2.40 bits per heavy atom. The molecule has 1 rings (SSSR count). The summed E-state index contributed by atoms with van der Waals surface area (Å²) in [5.74, 6) is 1.51. The molecule has 0 unspecified atom stereocenters. The Labute approximate surface area is 95.2 Å². The van der Waals surface area contributed by atoms with Crippen LogP contribution in [0, 0.1) is 11.8 Å². The summed E-state index contributed by atoms with van der Waals surface area (Å²) < 4.78 is 0. The summed E-state index contributed by atoms with van der Waals surface area (Å²) in [6.07, 6.45) is 3.96. The van der Waals surface area contributed by atoms with Crippen molar-refractivity contribution in [2.24, 2.45) is 17.6 Å². The van der Waals surface area contributed by atoms with E-state index in [4.69, 9.17) is 5.73 Å². The maximum absolute atomic E-state index is 5.91. The number of hydrogen-bond acceptors (Lipinski definition) is 2. The summed E-state index contributed by atoms with van der Waals surface area (Å²) in [5.41, 5.74) is 5.91. The van der Waals surface area contributed by atoms with Crippen molar-refractivity contribution in [2.75, 3.05) is 13.1 Å². The van der Waals surface area contributed by atoms with Crippen LogP contribution in [0.3, 0.4) is 0 Å². The van der Waals surface area contributed by atoms with Gasteiger partial charge in [-0.2, -0.15) is 0 Å². The van der Waals surface area contributed by atoms with Crippen LogP contribution in [-0.4, -0.2) is 30.1 Å². The van der Waals surface area contributed by atoms with Gasteiger partial charge in [0.05, 0.1) is 0 Å². The van der Waals surface area contributed by atoms with E-state index in [2.05, 4.69) is 32.6 Å². The second-order valence-corrected chi connectivity index (χ2v) is 5.67. The highest BCUT2D eigenvalue weighted by Gasteiger charge is 2.31. The highest BCUT2D eigenvalue weighted by molar-refractivity contribution is 4.87. The molecule has 1 saturated heterocycles. The maximum Gasteiger partial charge on any atom is 0.0141 e. The first-order chi connectivity index (χ1) is 7.06. The van der Waals surface area contributed by atoms with Gasteiger partial charge in [-0.25, -0.2) is 0 Å². The summed E-state index contributed by atoms with van der Waals surface area (Å²) in [7, 11) is 0. The third kappa shape index (κ3) is 3.46. The lowest BCUT2D eigenvalue weighted by Gasteiger charge is -2.44. The van der Waals surface area contributed by atoms with E-state index in [0.717, 1.165) is 24.4 Å². The summed E-state index contributed by atoms with van der Waals surface area (Å²) >= 11 is 0. The molecule has 1 aliphatic rings. The predicted octanol–water partition coefficient (Wildman–Crippen LogP) is 2.48. The Bertz CT molecular complexity index is 177. The predicted molar refractivity (Wildman–Crippen MR) is 66.9 cm³/mol. The minimum absolute atomic E-state index is 0.670. The average Bonchev–Trinajstić information content (AvgIpc) is 2.16. The lowest BCUT2D eigenvalue weighted by atomic mass is 9.83. The minimum Gasteiger partial charge on any atom is -0.330 e. The van der Waals surface area contributed by atoms with Gasteiger partial charge >= 0.3 is 0 Å². The van der Waals surface area contributed by atoms with E-state index in [0.29, 0.717) is 6.04 Å². The highest BCUT2D eigenvalue weighted by Crippen LogP contribution is 2.29. The Hall–Kier alpha value is -0.0800. The first kappa shape index (κ1) is 13.0. The third-order valence-electron chi connectivity index (χ3n) is 3.64. The van der Waals surface area contributed by atoms with Crippen molar-refractivity contribution >= 4 is 0 Å². The van der Waals surface area contributed by atoms with Crippen molar-refractivity contribution in [1.82, 2.24) is 4.90 Å². The summed E-state index contributed by atoms with van der Waals surface area (Å²) in [6, 6.07) is 1.40. The second kappa shape index (κ2) is 5.86. The van der Waals surface area contributed by atoms with Gasteiger partial charge < -0.3 is 5.73 Å². The smallest absolute Gasteiger partial charge is 0.0141 e. The number of piperidine rings is 1.